The van der Waals surface area contributed by atoms with Crippen molar-refractivity contribution in [2.75, 3.05) is 6.54 Å². The average Bonchev–Trinajstić information content (AvgIpc) is 2.86. The van der Waals surface area contributed by atoms with Gasteiger partial charge in [-0.3, -0.25) is 0 Å². The van der Waals surface area contributed by atoms with Crippen molar-refractivity contribution < 1.29 is 4.74 Å². The highest BCUT2D eigenvalue weighted by Gasteiger charge is 2.21. The lowest BCUT2D eigenvalue weighted by molar-refractivity contribution is -0.0143. The largest absolute Gasteiger partial charge is 0.372 e. The molecule has 2 nitrogen and oxygen atoms in total. The molecule has 1 fully saturated rings. The molecule has 1 heterocycles. The summed E-state index contributed by atoms with van der Waals surface area (Å²) in [7, 11) is 0. The topological polar surface area (TPSA) is 21.3 Å². The van der Waals surface area contributed by atoms with Crippen molar-refractivity contribution in [3.8, 4) is 0 Å². The molecule has 2 atom stereocenters. The predicted octanol–water partition coefficient (Wildman–Crippen LogP) is 4.34. The van der Waals surface area contributed by atoms with Crippen LogP contribution >= 0.6 is 11.3 Å². The van der Waals surface area contributed by atoms with Crippen LogP contribution in [0.3, 0.4) is 0 Å². The molecular weight excluding hydrogens is 254 g/mol. The van der Waals surface area contributed by atoms with Gasteiger partial charge < -0.3 is 10.1 Å². The lowest BCUT2D eigenvalue weighted by Gasteiger charge is -2.28. The summed E-state index contributed by atoms with van der Waals surface area (Å²) in [6, 6.07) is 4.46. The van der Waals surface area contributed by atoms with E-state index in [1.165, 1.54) is 41.9 Å². The zero-order chi connectivity index (χ0) is 13.5. The second kappa shape index (κ2) is 8.03. The zero-order valence-electron chi connectivity index (χ0n) is 12.3. The molecule has 3 heteroatoms. The van der Waals surface area contributed by atoms with E-state index in [1.807, 2.05) is 11.3 Å². The van der Waals surface area contributed by atoms with Crippen LogP contribution in [-0.2, 0) is 17.9 Å². The number of hydrogen-bond donors (Lipinski definition) is 1. The van der Waals surface area contributed by atoms with Crippen LogP contribution in [0, 0.1) is 5.92 Å². The van der Waals surface area contributed by atoms with Gasteiger partial charge in [-0.1, -0.05) is 26.7 Å². The molecule has 0 spiro atoms. The third kappa shape index (κ3) is 4.90. The Labute approximate surface area is 121 Å². The Morgan fingerprint density at radius 1 is 1.26 bits per heavy atom. The van der Waals surface area contributed by atoms with Crippen LogP contribution in [0.15, 0.2) is 12.1 Å². The van der Waals surface area contributed by atoms with Crippen molar-refractivity contribution >= 4 is 11.3 Å². The number of hydrogen-bond acceptors (Lipinski definition) is 3. The summed E-state index contributed by atoms with van der Waals surface area (Å²) in [4.78, 5) is 2.79. The minimum atomic E-state index is 0.484. The zero-order valence-corrected chi connectivity index (χ0v) is 13.1. The molecule has 1 N–H and O–H groups in total. The number of thiophene rings is 1. The van der Waals surface area contributed by atoms with Crippen LogP contribution in [0.25, 0.3) is 0 Å². The normalized spacial score (nSPS) is 23.7. The van der Waals surface area contributed by atoms with E-state index < -0.39 is 0 Å². The van der Waals surface area contributed by atoms with Crippen LogP contribution in [0.1, 0.15) is 55.7 Å². The smallest absolute Gasteiger partial charge is 0.0813 e. The second-order valence-electron chi connectivity index (χ2n) is 5.66. The molecule has 0 bridgehead atoms. The summed E-state index contributed by atoms with van der Waals surface area (Å²) in [6.07, 6.45) is 6.98. The van der Waals surface area contributed by atoms with Gasteiger partial charge in [0.15, 0.2) is 0 Å². The minimum absolute atomic E-state index is 0.484. The highest BCUT2D eigenvalue weighted by atomic mass is 32.1. The molecule has 1 aliphatic rings. The maximum Gasteiger partial charge on any atom is 0.0813 e. The quantitative estimate of drug-likeness (QED) is 0.751. The van der Waals surface area contributed by atoms with Gasteiger partial charge in [0.25, 0.3) is 0 Å². The standard InChI is InChI=1S/C16H27NOS/c1-3-10-17-11-14-8-9-15(19-14)12-18-16-7-5-4-6-13(16)2/h8-9,13,16-17H,3-7,10-12H2,1-2H3. The monoisotopic (exact) mass is 281 g/mol. The van der Waals surface area contributed by atoms with Gasteiger partial charge in [-0.25, -0.2) is 0 Å². The molecule has 2 rings (SSSR count). The maximum atomic E-state index is 6.11. The molecule has 0 aromatic carbocycles. The SMILES string of the molecule is CCCNCc1ccc(COC2CCCCC2C)s1. The molecular formula is C16H27NOS. The molecule has 1 aromatic heterocycles. The molecule has 0 amide bonds. The molecule has 1 saturated carbocycles. The van der Waals surface area contributed by atoms with Gasteiger partial charge in [-0.2, -0.15) is 0 Å². The van der Waals surface area contributed by atoms with E-state index in [0.717, 1.165) is 25.6 Å². The van der Waals surface area contributed by atoms with E-state index in [1.54, 1.807) is 0 Å². The van der Waals surface area contributed by atoms with E-state index in [0.29, 0.717) is 6.10 Å². The Balaban J connectivity index is 1.73. The van der Waals surface area contributed by atoms with Gasteiger partial charge in [0.1, 0.15) is 0 Å². The fourth-order valence-electron chi connectivity index (χ4n) is 2.70. The number of nitrogens with one attached hydrogen (secondary N) is 1. The van der Waals surface area contributed by atoms with Gasteiger partial charge in [0.2, 0.25) is 0 Å². The van der Waals surface area contributed by atoms with Crippen LogP contribution in [-0.4, -0.2) is 12.6 Å². The molecule has 1 aromatic rings. The molecule has 0 aliphatic heterocycles. The van der Waals surface area contributed by atoms with E-state index >= 15 is 0 Å². The number of ether oxygens (including phenoxy) is 1. The number of rotatable bonds is 7. The van der Waals surface area contributed by atoms with Crippen molar-refractivity contribution in [2.24, 2.45) is 5.92 Å². The van der Waals surface area contributed by atoms with Gasteiger partial charge in [-0.15, -0.1) is 11.3 Å². The first-order valence-electron chi connectivity index (χ1n) is 7.69. The summed E-state index contributed by atoms with van der Waals surface area (Å²) in [5.74, 6) is 0.736. The Hall–Kier alpha value is -0.380. The van der Waals surface area contributed by atoms with Gasteiger partial charge in [-0.05, 0) is 43.9 Å². The highest BCUT2D eigenvalue weighted by Crippen LogP contribution is 2.28. The van der Waals surface area contributed by atoms with Crippen LogP contribution in [0.4, 0.5) is 0 Å². The highest BCUT2D eigenvalue weighted by molar-refractivity contribution is 7.11. The molecule has 1 aliphatic carbocycles. The first-order chi connectivity index (χ1) is 9.29. The summed E-state index contributed by atoms with van der Waals surface area (Å²) in [5.41, 5.74) is 0. The Morgan fingerprint density at radius 2 is 2.05 bits per heavy atom. The third-order valence-corrected chi connectivity index (χ3v) is 4.97. The summed E-state index contributed by atoms with van der Waals surface area (Å²) >= 11 is 1.89. The van der Waals surface area contributed by atoms with Crippen molar-refractivity contribution in [1.82, 2.24) is 5.32 Å². The second-order valence-corrected chi connectivity index (χ2v) is 6.91. The lowest BCUT2D eigenvalue weighted by atomic mass is 9.88. The van der Waals surface area contributed by atoms with Crippen molar-refractivity contribution in [3.05, 3.63) is 21.9 Å². The van der Waals surface area contributed by atoms with Gasteiger partial charge >= 0.3 is 0 Å². The Kier molecular flexibility index (Phi) is 6.35. The van der Waals surface area contributed by atoms with Gasteiger partial charge in [0, 0.05) is 16.3 Å². The summed E-state index contributed by atoms with van der Waals surface area (Å²) in [5, 5.41) is 3.45. The Morgan fingerprint density at radius 3 is 2.84 bits per heavy atom. The minimum Gasteiger partial charge on any atom is -0.372 e. The molecule has 19 heavy (non-hydrogen) atoms. The fourth-order valence-corrected chi connectivity index (χ4v) is 3.61. The average molecular weight is 281 g/mol. The van der Waals surface area contributed by atoms with Crippen LogP contribution in [0.2, 0.25) is 0 Å². The van der Waals surface area contributed by atoms with Crippen molar-refractivity contribution in [2.45, 2.75) is 65.2 Å². The third-order valence-electron chi connectivity index (χ3n) is 3.92. The first kappa shape index (κ1) is 15.0. The van der Waals surface area contributed by atoms with E-state index in [9.17, 15) is 0 Å². The predicted molar refractivity (Wildman–Crippen MR) is 82.5 cm³/mol. The summed E-state index contributed by atoms with van der Waals surface area (Å²) in [6.45, 7) is 7.43. The molecule has 2 unspecified atom stereocenters. The van der Waals surface area contributed by atoms with E-state index in [-0.39, 0.29) is 0 Å². The fraction of sp³-hybridized carbons (Fsp3) is 0.750. The molecule has 0 radical (unpaired) electrons. The lowest BCUT2D eigenvalue weighted by Crippen LogP contribution is -2.25. The van der Waals surface area contributed by atoms with Crippen molar-refractivity contribution in [1.29, 1.82) is 0 Å². The Bertz CT molecular complexity index is 363. The molecule has 108 valence electrons. The molecule has 0 saturated heterocycles. The maximum absolute atomic E-state index is 6.11. The van der Waals surface area contributed by atoms with E-state index in [4.69, 9.17) is 4.74 Å². The first-order valence-corrected chi connectivity index (χ1v) is 8.51. The summed E-state index contributed by atoms with van der Waals surface area (Å²) < 4.78 is 6.11. The van der Waals surface area contributed by atoms with Crippen molar-refractivity contribution in [3.63, 3.8) is 0 Å². The van der Waals surface area contributed by atoms with Gasteiger partial charge in [0.05, 0.1) is 12.7 Å². The van der Waals surface area contributed by atoms with E-state index in [2.05, 4.69) is 31.3 Å². The van der Waals surface area contributed by atoms with Crippen LogP contribution < -0.4 is 5.32 Å². The van der Waals surface area contributed by atoms with Crippen LogP contribution in [0.5, 0.6) is 0 Å².